The number of rotatable bonds is 8. The van der Waals surface area contributed by atoms with Gasteiger partial charge in [-0.25, -0.2) is 8.78 Å². The van der Waals surface area contributed by atoms with E-state index in [1.807, 2.05) is 30.5 Å². The van der Waals surface area contributed by atoms with Crippen LogP contribution in [0, 0.1) is 11.6 Å². The van der Waals surface area contributed by atoms with E-state index in [2.05, 4.69) is 23.1 Å². The fraction of sp³-hybridized carbons (Fsp3) is 0.471. The molecule has 3 aliphatic heterocycles. The molecule has 0 spiro atoms. The molecular formula is C34H38ClF2NO4S. The summed E-state index contributed by atoms with van der Waals surface area (Å²) in [6, 6.07) is 18.0. The minimum atomic E-state index is -0.441. The summed E-state index contributed by atoms with van der Waals surface area (Å²) in [6.45, 7) is 2.23. The number of thioether (sulfide) groups is 1. The van der Waals surface area contributed by atoms with E-state index in [9.17, 15) is 13.9 Å². The van der Waals surface area contributed by atoms with Gasteiger partial charge in [-0.1, -0.05) is 35.9 Å². The van der Waals surface area contributed by atoms with Crippen molar-refractivity contribution in [3.05, 3.63) is 99.6 Å². The summed E-state index contributed by atoms with van der Waals surface area (Å²) in [5.41, 5.74) is 3.51. The number of likely N-dealkylation sites (tertiary alicyclic amines) is 1. The van der Waals surface area contributed by atoms with E-state index < -0.39 is 17.7 Å². The Kier molecular flexibility index (Phi) is 9.92. The minimum absolute atomic E-state index is 0.00608. The largest absolute Gasteiger partial charge is 0.489 e. The maximum atomic E-state index is 14.2. The van der Waals surface area contributed by atoms with Crippen LogP contribution in [0.15, 0.2) is 60.7 Å². The molecule has 1 N–H and O–H groups in total. The first-order chi connectivity index (χ1) is 20.8. The van der Waals surface area contributed by atoms with E-state index >= 15 is 0 Å². The predicted molar refractivity (Wildman–Crippen MR) is 166 cm³/mol. The van der Waals surface area contributed by atoms with Crippen LogP contribution >= 0.6 is 23.4 Å². The fourth-order valence-corrected chi connectivity index (χ4v) is 7.31. The molecule has 6 atom stereocenters. The molecule has 3 aromatic rings. The second-order valence-electron chi connectivity index (χ2n) is 11.8. The van der Waals surface area contributed by atoms with E-state index in [1.165, 1.54) is 12.1 Å². The van der Waals surface area contributed by atoms with E-state index in [1.54, 1.807) is 11.8 Å². The van der Waals surface area contributed by atoms with E-state index in [0.717, 1.165) is 54.4 Å². The average Bonchev–Trinajstić information content (AvgIpc) is 3.48. The van der Waals surface area contributed by atoms with Gasteiger partial charge in [0, 0.05) is 42.6 Å². The quantitative estimate of drug-likeness (QED) is 0.279. The number of aliphatic hydroxyl groups is 1. The summed E-state index contributed by atoms with van der Waals surface area (Å²) in [5, 5.41) is 11.0. The zero-order chi connectivity index (χ0) is 29.9. The number of halogens is 3. The van der Waals surface area contributed by atoms with E-state index in [4.69, 9.17) is 25.8 Å². The van der Waals surface area contributed by atoms with Crippen molar-refractivity contribution in [2.75, 3.05) is 26.0 Å². The molecule has 3 heterocycles. The van der Waals surface area contributed by atoms with Crippen LogP contribution in [0.3, 0.4) is 0 Å². The molecule has 0 amide bonds. The van der Waals surface area contributed by atoms with Crippen molar-refractivity contribution in [3.8, 4) is 5.75 Å². The topological polar surface area (TPSA) is 51.2 Å². The van der Waals surface area contributed by atoms with Gasteiger partial charge in [0.1, 0.15) is 28.9 Å². The lowest BCUT2D eigenvalue weighted by molar-refractivity contribution is -0.0605. The standard InChI is InChI=1S/C34H38ClF2NO4S/c1-43-34-18-26(39)17-33(42-34)22-4-9-30(35)23(15-22)14-21-2-7-27(8-3-21)41-28-12-13-38(19-28)25-6-11-32(40-20-25)29-16-24(36)5-10-31(29)37/h2-5,7-10,15-16,25-26,28,32-34,39H,6,11-14,17-20H2,1H3. The van der Waals surface area contributed by atoms with Crippen LogP contribution in [-0.4, -0.2) is 59.6 Å². The lowest BCUT2D eigenvalue weighted by Crippen LogP contribution is -2.41. The minimum Gasteiger partial charge on any atom is -0.489 e. The summed E-state index contributed by atoms with van der Waals surface area (Å²) in [4.78, 5) is 2.39. The Morgan fingerprint density at radius 2 is 1.84 bits per heavy atom. The molecule has 9 heteroatoms. The molecule has 6 rings (SSSR count). The Morgan fingerprint density at radius 3 is 2.60 bits per heavy atom. The van der Waals surface area contributed by atoms with Crippen molar-refractivity contribution < 1.29 is 28.1 Å². The summed E-state index contributed by atoms with van der Waals surface area (Å²) in [6.07, 6.45) is 5.58. The number of benzene rings is 3. The molecule has 3 saturated heterocycles. The third kappa shape index (κ3) is 7.55. The monoisotopic (exact) mass is 629 g/mol. The van der Waals surface area contributed by atoms with Gasteiger partial charge in [-0.2, -0.15) is 0 Å². The van der Waals surface area contributed by atoms with Crippen LogP contribution in [0.2, 0.25) is 5.02 Å². The number of hydrogen-bond donors (Lipinski definition) is 1. The van der Waals surface area contributed by atoms with Gasteiger partial charge in [0.05, 0.1) is 24.9 Å². The average molecular weight is 630 g/mol. The Bertz CT molecular complexity index is 1390. The SMILES string of the molecule is CSC1CC(O)CC(c2ccc(Cl)c(Cc3ccc(OC4CCN(C5CCC(c6cc(F)ccc6F)OC5)C4)cc3)c2)O1. The van der Waals surface area contributed by atoms with E-state index in [-0.39, 0.29) is 29.8 Å². The van der Waals surface area contributed by atoms with Crippen molar-refractivity contribution in [2.24, 2.45) is 0 Å². The Hall–Kier alpha value is -2.20. The molecule has 3 aromatic carbocycles. The van der Waals surface area contributed by atoms with Gasteiger partial charge in [0.2, 0.25) is 0 Å². The van der Waals surface area contributed by atoms with Gasteiger partial charge >= 0.3 is 0 Å². The molecule has 0 saturated carbocycles. The number of ether oxygens (including phenoxy) is 3. The van der Waals surface area contributed by atoms with Gasteiger partial charge in [-0.3, -0.25) is 4.90 Å². The second-order valence-corrected chi connectivity index (χ2v) is 13.2. The normalized spacial score (nSPS) is 28.2. The highest BCUT2D eigenvalue weighted by Gasteiger charge is 2.34. The highest BCUT2D eigenvalue weighted by atomic mass is 35.5. The molecular weight excluding hydrogens is 592 g/mol. The van der Waals surface area contributed by atoms with Gasteiger partial charge in [-0.15, -0.1) is 11.8 Å². The van der Waals surface area contributed by atoms with Crippen molar-refractivity contribution in [3.63, 3.8) is 0 Å². The lowest BCUT2D eigenvalue weighted by Gasteiger charge is -2.35. The highest BCUT2D eigenvalue weighted by molar-refractivity contribution is 7.99. The third-order valence-electron chi connectivity index (χ3n) is 8.84. The van der Waals surface area contributed by atoms with Crippen molar-refractivity contribution in [1.82, 2.24) is 4.90 Å². The van der Waals surface area contributed by atoms with Gasteiger partial charge in [0.25, 0.3) is 0 Å². The van der Waals surface area contributed by atoms with Gasteiger partial charge in [-0.05, 0) is 85.0 Å². The van der Waals surface area contributed by atoms with Crippen molar-refractivity contribution in [2.45, 2.75) is 74.4 Å². The molecule has 5 nitrogen and oxygen atoms in total. The zero-order valence-corrected chi connectivity index (χ0v) is 25.8. The molecule has 3 aliphatic rings. The van der Waals surface area contributed by atoms with Crippen LogP contribution in [0.5, 0.6) is 5.75 Å². The first kappa shape index (κ1) is 30.8. The van der Waals surface area contributed by atoms with Crippen LogP contribution in [0.1, 0.15) is 66.6 Å². The molecule has 43 heavy (non-hydrogen) atoms. The number of nitrogens with zero attached hydrogens (tertiary/aromatic N) is 1. The maximum Gasteiger partial charge on any atom is 0.129 e. The van der Waals surface area contributed by atoms with Crippen molar-refractivity contribution in [1.29, 1.82) is 0 Å². The fourth-order valence-electron chi connectivity index (χ4n) is 6.47. The molecule has 3 fully saturated rings. The summed E-state index contributed by atoms with van der Waals surface area (Å²) < 4.78 is 46.3. The smallest absolute Gasteiger partial charge is 0.129 e. The van der Waals surface area contributed by atoms with Crippen LogP contribution in [0.4, 0.5) is 8.78 Å². The van der Waals surface area contributed by atoms with E-state index in [0.29, 0.717) is 42.9 Å². The summed E-state index contributed by atoms with van der Waals surface area (Å²) >= 11 is 8.21. The molecule has 0 bridgehead atoms. The molecule has 0 aliphatic carbocycles. The molecule has 230 valence electrons. The highest BCUT2D eigenvalue weighted by Crippen LogP contribution is 2.37. The predicted octanol–water partition coefficient (Wildman–Crippen LogP) is 7.48. The number of aliphatic hydroxyl groups excluding tert-OH is 1. The van der Waals surface area contributed by atoms with Gasteiger partial charge in [0.15, 0.2) is 0 Å². The Labute approximate surface area is 261 Å². The van der Waals surface area contributed by atoms with Crippen LogP contribution in [-0.2, 0) is 15.9 Å². The molecule has 0 aromatic heterocycles. The van der Waals surface area contributed by atoms with Gasteiger partial charge < -0.3 is 19.3 Å². The maximum absolute atomic E-state index is 14.2. The second kappa shape index (κ2) is 13.8. The molecule has 6 unspecified atom stereocenters. The summed E-state index contributed by atoms with van der Waals surface area (Å²) in [5.74, 6) is -0.0191. The first-order valence-corrected chi connectivity index (χ1v) is 16.7. The third-order valence-corrected chi connectivity index (χ3v) is 10.0. The Morgan fingerprint density at radius 1 is 1.00 bits per heavy atom. The first-order valence-electron chi connectivity index (χ1n) is 15.1. The van der Waals surface area contributed by atoms with Crippen molar-refractivity contribution >= 4 is 23.4 Å². The number of hydrogen-bond acceptors (Lipinski definition) is 6. The Balaban J connectivity index is 1.00. The van der Waals surface area contributed by atoms with Crippen LogP contribution in [0.25, 0.3) is 0 Å². The summed E-state index contributed by atoms with van der Waals surface area (Å²) in [7, 11) is 0. The lowest BCUT2D eigenvalue weighted by atomic mass is 9.96. The van der Waals surface area contributed by atoms with Crippen LogP contribution < -0.4 is 4.74 Å². The zero-order valence-electron chi connectivity index (χ0n) is 24.3. The molecule has 0 radical (unpaired) electrons.